The first-order valence-corrected chi connectivity index (χ1v) is 8.41. The molecule has 0 fully saturated rings. The van der Waals surface area contributed by atoms with Gasteiger partial charge in [-0.25, -0.2) is 0 Å². The van der Waals surface area contributed by atoms with Gasteiger partial charge in [-0.15, -0.1) is 0 Å². The lowest BCUT2D eigenvalue weighted by Crippen LogP contribution is -2.28. The molecule has 25 heavy (non-hydrogen) atoms. The highest BCUT2D eigenvalue weighted by molar-refractivity contribution is 5.97. The molecule has 1 aliphatic rings. The van der Waals surface area contributed by atoms with Crippen LogP contribution >= 0.6 is 0 Å². The minimum Gasteiger partial charge on any atom is -0.467 e. The zero-order valence-corrected chi connectivity index (χ0v) is 14.3. The Morgan fingerprint density at radius 3 is 2.92 bits per heavy atom. The van der Waals surface area contributed by atoms with Crippen LogP contribution in [0.2, 0.25) is 0 Å². The molecule has 0 bridgehead atoms. The molecule has 1 aromatic heterocycles. The number of nitrogens with zero attached hydrogens (tertiary/aromatic N) is 1. The molecule has 2 aromatic carbocycles. The lowest BCUT2D eigenvalue weighted by Gasteiger charge is -2.25. The lowest BCUT2D eigenvalue weighted by molar-refractivity contribution is -0.136. The first kappa shape index (κ1) is 15.7. The molecule has 2 heterocycles. The van der Waals surface area contributed by atoms with Gasteiger partial charge in [-0.05, 0) is 44.2 Å². The topological polar surface area (TPSA) is 52.5 Å². The lowest BCUT2D eigenvalue weighted by atomic mass is 10.1. The Morgan fingerprint density at radius 2 is 2.08 bits per heavy atom. The minimum absolute atomic E-state index is 0.0761. The van der Waals surface area contributed by atoms with Gasteiger partial charge in [-0.1, -0.05) is 18.2 Å². The number of hydrogen-bond acceptors (Lipinski definition) is 3. The number of amides is 1. The van der Waals surface area contributed by atoms with Crippen molar-refractivity contribution in [3.05, 3.63) is 59.8 Å². The van der Waals surface area contributed by atoms with Crippen LogP contribution in [0.4, 0.5) is 5.69 Å². The summed E-state index contributed by atoms with van der Waals surface area (Å²) in [7, 11) is 0. The molecule has 0 saturated carbocycles. The third kappa shape index (κ3) is 2.76. The van der Waals surface area contributed by atoms with Crippen molar-refractivity contribution < 1.29 is 14.3 Å². The average Bonchev–Trinajstić information content (AvgIpc) is 2.95. The van der Waals surface area contributed by atoms with Crippen LogP contribution in [-0.4, -0.2) is 17.3 Å². The summed E-state index contributed by atoms with van der Waals surface area (Å²) >= 11 is 0. The van der Waals surface area contributed by atoms with Crippen molar-refractivity contribution in [1.82, 2.24) is 4.57 Å². The average molecular weight is 336 g/mol. The van der Waals surface area contributed by atoms with E-state index in [1.54, 1.807) is 0 Å². The maximum atomic E-state index is 12.7. The van der Waals surface area contributed by atoms with E-state index in [-0.39, 0.29) is 12.7 Å². The van der Waals surface area contributed by atoms with Crippen LogP contribution in [0, 0.1) is 6.92 Å². The monoisotopic (exact) mass is 336 g/mol. The fourth-order valence-electron chi connectivity index (χ4n) is 3.42. The van der Waals surface area contributed by atoms with Crippen LogP contribution in [0.5, 0.6) is 5.75 Å². The van der Waals surface area contributed by atoms with E-state index in [2.05, 4.69) is 29.8 Å². The van der Waals surface area contributed by atoms with Crippen molar-refractivity contribution in [1.29, 1.82) is 0 Å². The van der Waals surface area contributed by atoms with E-state index in [1.807, 2.05) is 42.5 Å². The highest BCUT2D eigenvalue weighted by Gasteiger charge is 2.28. The number of aromatic nitrogens is 1. The molecule has 1 N–H and O–H groups in total. The maximum Gasteiger partial charge on any atom is 0.258 e. The Bertz CT molecular complexity index is 945. The quantitative estimate of drug-likeness (QED) is 0.786. The van der Waals surface area contributed by atoms with Crippen molar-refractivity contribution in [2.75, 3.05) is 12.1 Å². The van der Waals surface area contributed by atoms with Crippen LogP contribution in [-0.2, 0) is 16.1 Å². The number of anilines is 1. The Hall–Kier alpha value is -2.79. The highest BCUT2D eigenvalue weighted by Crippen LogP contribution is 2.32. The molecule has 0 saturated heterocycles. The van der Waals surface area contributed by atoms with E-state index in [4.69, 9.17) is 9.47 Å². The van der Waals surface area contributed by atoms with Crippen molar-refractivity contribution in [3.8, 4) is 5.75 Å². The van der Waals surface area contributed by atoms with Crippen LogP contribution in [0.15, 0.2) is 48.5 Å². The van der Waals surface area contributed by atoms with Gasteiger partial charge in [0.25, 0.3) is 5.91 Å². The molecule has 5 heteroatoms. The number of ether oxygens (including phenoxy) is 2. The van der Waals surface area contributed by atoms with E-state index >= 15 is 0 Å². The Kier molecular flexibility index (Phi) is 3.93. The zero-order chi connectivity index (χ0) is 17.4. The number of rotatable bonds is 3. The summed E-state index contributed by atoms with van der Waals surface area (Å²) in [6.07, 6.45) is -0.664. The summed E-state index contributed by atoms with van der Waals surface area (Å²) in [5.41, 5.74) is 3.90. The van der Waals surface area contributed by atoms with Crippen LogP contribution in [0.1, 0.15) is 24.3 Å². The number of carbonyl (C=O) groups is 1. The molecule has 0 spiro atoms. The fourth-order valence-corrected chi connectivity index (χ4v) is 3.42. The summed E-state index contributed by atoms with van der Waals surface area (Å²) in [5, 5.41) is 4.08. The number of hydrogen-bond donors (Lipinski definition) is 1. The summed E-state index contributed by atoms with van der Waals surface area (Å²) in [4.78, 5) is 12.7. The predicted molar refractivity (Wildman–Crippen MR) is 96.7 cm³/mol. The first-order chi connectivity index (χ1) is 12.2. The summed E-state index contributed by atoms with van der Waals surface area (Å²) in [6, 6.07) is 15.6. The molecule has 0 aliphatic carbocycles. The van der Waals surface area contributed by atoms with Crippen LogP contribution in [0.25, 0.3) is 10.9 Å². The van der Waals surface area contributed by atoms with E-state index in [0.29, 0.717) is 5.75 Å². The smallest absolute Gasteiger partial charge is 0.258 e. The molecular formula is C20H20N2O3. The minimum atomic E-state index is -0.664. The first-order valence-electron chi connectivity index (χ1n) is 8.41. The van der Waals surface area contributed by atoms with Crippen molar-refractivity contribution in [3.63, 3.8) is 0 Å². The largest absolute Gasteiger partial charge is 0.467 e. The molecule has 128 valence electrons. The van der Waals surface area contributed by atoms with Gasteiger partial charge in [-0.2, -0.15) is 0 Å². The molecule has 1 amide bonds. The molecule has 4 rings (SSSR count). The fraction of sp³-hybridized carbons (Fsp3) is 0.250. The van der Waals surface area contributed by atoms with Gasteiger partial charge >= 0.3 is 0 Å². The van der Waals surface area contributed by atoms with Crippen LogP contribution < -0.4 is 10.1 Å². The number of carbonyl (C=O) groups excluding carboxylic acids is 1. The number of para-hydroxylation sites is 1. The summed E-state index contributed by atoms with van der Waals surface area (Å²) in [6.45, 7) is 5.22. The Morgan fingerprint density at radius 1 is 1.24 bits per heavy atom. The van der Waals surface area contributed by atoms with Gasteiger partial charge < -0.3 is 19.4 Å². The van der Waals surface area contributed by atoms with E-state index < -0.39 is 6.10 Å². The zero-order valence-electron chi connectivity index (χ0n) is 14.3. The van der Waals surface area contributed by atoms with Gasteiger partial charge in [0.15, 0.2) is 12.9 Å². The second kappa shape index (κ2) is 6.26. The summed E-state index contributed by atoms with van der Waals surface area (Å²) in [5.74, 6) is 0.502. The standard InChI is InChI=1S/C20H20N2O3/c1-3-22-13(2)10-14-11-15(8-9-17(14)22)21-20(23)19-16-6-4-5-7-18(16)24-12-25-19/h4-11,19H,3,12H2,1-2H3,(H,21,23)/t19-/m0/s1. The molecule has 0 radical (unpaired) electrons. The highest BCUT2D eigenvalue weighted by atomic mass is 16.7. The SMILES string of the molecule is CCn1c(C)cc2cc(NC(=O)[C@H]3OCOc4ccccc43)ccc21. The van der Waals surface area contributed by atoms with E-state index in [0.717, 1.165) is 23.2 Å². The number of fused-ring (bicyclic) bond motifs is 2. The molecule has 3 aromatic rings. The number of nitrogens with one attached hydrogen (secondary N) is 1. The van der Waals surface area contributed by atoms with Crippen molar-refractivity contribution in [2.24, 2.45) is 0 Å². The third-order valence-electron chi connectivity index (χ3n) is 4.58. The molecule has 0 unspecified atom stereocenters. The predicted octanol–water partition coefficient (Wildman–Crippen LogP) is 4.02. The van der Waals surface area contributed by atoms with E-state index in [1.165, 1.54) is 11.2 Å². The molecule has 1 atom stereocenters. The normalized spacial score (nSPS) is 16.3. The van der Waals surface area contributed by atoms with Crippen LogP contribution in [0.3, 0.4) is 0 Å². The second-order valence-electron chi connectivity index (χ2n) is 6.14. The molecular weight excluding hydrogens is 316 g/mol. The maximum absolute atomic E-state index is 12.7. The molecule has 1 aliphatic heterocycles. The second-order valence-corrected chi connectivity index (χ2v) is 6.14. The van der Waals surface area contributed by atoms with Crippen molar-refractivity contribution >= 4 is 22.5 Å². The Labute approximate surface area is 146 Å². The molecule has 5 nitrogen and oxygen atoms in total. The van der Waals surface area contributed by atoms with Gasteiger partial charge in [-0.3, -0.25) is 4.79 Å². The Balaban J connectivity index is 1.60. The van der Waals surface area contributed by atoms with Gasteiger partial charge in [0.05, 0.1) is 0 Å². The summed E-state index contributed by atoms with van der Waals surface area (Å²) < 4.78 is 13.2. The van der Waals surface area contributed by atoms with Crippen molar-refractivity contribution in [2.45, 2.75) is 26.5 Å². The third-order valence-corrected chi connectivity index (χ3v) is 4.58. The number of aryl methyl sites for hydroxylation is 2. The van der Waals surface area contributed by atoms with Gasteiger partial charge in [0, 0.05) is 34.4 Å². The van der Waals surface area contributed by atoms with Gasteiger partial charge in [0.2, 0.25) is 0 Å². The van der Waals surface area contributed by atoms with Gasteiger partial charge in [0.1, 0.15) is 5.75 Å². The van der Waals surface area contributed by atoms with E-state index in [9.17, 15) is 4.79 Å². The number of benzene rings is 2.